The van der Waals surface area contributed by atoms with Crippen molar-refractivity contribution in [3.05, 3.63) is 58.3 Å². The van der Waals surface area contributed by atoms with Crippen molar-refractivity contribution in [3.63, 3.8) is 0 Å². The highest BCUT2D eigenvalue weighted by Crippen LogP contribution is 2.27. The van der Waals surface area contributed by atoms with Gasteiger partial charge in [-0.3, -0.25) is 0 Å². The van der Waals surface area contributed by atoms with Gasteiger partial charge in [0, 0.05) is 16.6 Å². The third-order valence-electron chi connectivity index (χ3n) is 2.41. The summed E-state index contributed by atoms with van der Waals surface area (Å²) in [5.41, 5.74) is 0.789. The molecule has 0 saturated carbocycles. The molecule has 0 fully saturated rings. The van der Waals surface area contributed by atoms with Gasteiger partial charge in [-0.25, -0.2) is 4.39 Å². The van der Waals surface area contributed by atoms with Crippen LogP contribution in [0.15, 0.2) is 46.9 Å². The van der Waals surface area contributed by atoms with Crippen LogP contribution in [-0.2, 0) is 6.54 Å². The van der Waals surface area contributed by atoms with Crippen LogP contribution in [0.1, 0.15) is 5.56 Å². The Labute approximate surface area is 114 Å². The first-order valence-electron chi connectivity index (χ1n) is 5.55. The molecule has 0 aliphatic heterocycles. The van der Waals surface area contributed by atoms with Gasteiger partial charge in [-0.1, -0.05) is 22.0 Å². The molecule has 0 heterocycles. The lowest BCUT2D eigenvalue weighted by Crippen LogP contribution is -2.06. The fourth-order valence-electron chi connectivity index (χ4n) is 1.63. The highest BCUT2D eigenvalue weighted by Gasteiger charge is 2.06. The Morgan fingerprint density at radius 2 is 2.06 bits per heavy atom. The average Bonchev–Trinajstić information content (AvgIpc) is 2.33. The Bertz CT molecular complexity index is 545. The van der Waals surface area contributed by atoms with E-state index in [1.54, 1.807) is 6.07 Å². The lowest BCUT2D eigenvalue weighted by atomic mass is 10.2. The van der Waals surface area contributed by atoms with Crippen molar-refractivity contribution in [1.29, 1.82) is 0 Å². The van der Waals surface area contributed by atoms with Gasteiger partial charge < -0.3 is 10.1 Å². The van der Waals surface area contributed by atoms with E-state index in [1.807, 2.05) is 31.3 Å². The van der Waals surface area contributed by atoms with Gasteiger partial charge in [-0.05, 0) is 43.4 Å². The summed E-state index contributed by atoms with van der Waals surface area (Å²) in [5, 5.41) is 2.99. The highest BCUT2D eigenvalue weighted by molar-refractivity contribution is 9.10. The summed E-state index contributed by atoms with van der Waals surface area (Å²) in [6.07, 6.45) is 0. The van der Waals surface area contributed by atoms with Crippen LogP contribution in [0.4, 0.5) is 4.39 Å². The zero-order chi connectivity index (χ0) is 13.0. The van der Waals surface area contributed by atoms with Crippen LogP contribution in [0, 0.1) is 5.82 Å². The Morgan fingerprint density at radius 3 is 2.78 bits per heavy atom. The third kappa shape index (κ3) is 3.31. The van der Waals surface area contributed by atoms with Crippen LogP contribution in [0.25, 0.3) is 0 Å². The van der Waals surface area contributed by atoms with Crippen molar-refractivity contribution in [2.75, 3.05) is 7.05 Å². The minimum absolute atomic E-state index is 0.262. The summed E-state index contributed by atoms with van der Waals surface area (Å²) in [4.78, 5) is 0. The number of halogens is 2. The predicted molar refractivity (Wildman–Crippen MR) is 73.4 cm³/mol. The molecule has 0 bridgehead atoms. The summed E-state index contributed by atoms with van der Waals surface area (Å²) in [7, 11) is 1.81. The molecule has 0 saturated heterocycles. The molecule has 0 aliphatic rings. The zero-order valence-corrected chi connectivity index (χ0v) is 11.5. The minimum atomic E-state index is -0.262. The number of nitrogens with one attached hydrogen (secondary N) is 1. The Morgan fingerprint density at radius 1 is 1.22 bits per heavy atom. The summed E-state index contributed by atoms with van der Waals surface area (Å²) < 4.78 is 19.9. The smallest absolute Gasteiger partial charge is 0.132 e. The normalized spacial score (nSPS) is 10.4. The first-order chi connectivity index (χ1) is 8.69. The molecule has 4 heteroatoms. The summed E-state index contributed by atoms with van der Waals surface area (Å²) in [6.45, 7) is 0.557. The molecule has 0 atom stereocenters. The number of hydrogen-bond donors (Lipinski definition) is 1. The molecule has 1 N–H and O–H groups in total. The standard InChI is InChI=1S/C14H13BrFNO/c1-17-9-10-7-12(16)5-6-14(10)18-13-4-2-3-11(15)8-13/h2-8,17H,9H2,1H3. The van der Waals surface area contributed by atoms with Gasteiger partial charge in [0.2, 0.25) is 0 Å². The Balaban J connectivity index is 2.28. The van der Waals surface area contributed by atoms with Gasteiger partial charge in [-0.15, -0.1) is 0 Å². The topological polar surface area (TPSA) is 21.3 Å². The summed E-state index contributed by atoms with van der Waals surface area (Å²) >= 11 is 3.38. The molecule has 0 amide bonds. The molecule has 0 radical (unpaired) electrons. The summed E-state index contributed by atoms with van der Waals surface area (Å²) in [5.74, 6) is 1.11. The van der Waals surface area contributed by atoms with Gasteiger partial charge >= 0.3 is 0 Å². The fourth-order valence-corrected chi connectivity index (χ4v) is 2.01. The van der Waals surface area contributed by atoms with Crippen LogP contribution in [0.5, 0.6) is 11.5 Å². The monoisotopic (exact) mass is 309 g/mol. The highest BCUT2D eigenvalue weighted by atomic mass is 79.9. The first kappa shape index (κ1) is 13.1. The molecule has 0 aliphatic carbocycles. The van der Waals surface area contributed by atoms with Gasteiger partial charge in [0.25, 0.3) is 0 Å². The maximum atomic E-state index is 13.2. The Hall–Kier alpha value is -1.39. The molecule has 94 valence electrons. The Kier molecular flexibility index (Phi) is 4.33. The number of benzene rings is 2. The van der Waals surface area contributed by atoms with Crippen molar-refractivity contribution in [2.45, 2.75) is 6.54 Å². The third-order valence-corrected chi connectivity index (χ3v) is 2.91. The molecule has 2 rings (SSSR count). The van der Waals surface area contributed by atoms with Crippen LogP contribution in [0.2, 0.25) is 0 Å². The van der Waals surface area contributed by atoms with Crippen molar-refractivity contribution in [1.82, 2.24) is 5.32 Å². The lowest BCUT2D eigenvalue weighted by molar-refractivity contribution is 0.471. The summed E-state index contributed by atoms with van der Waals surface area (Å²) in [6, 6.07) is 12.1. The van der Waals surface area contributed by atoms with Crippen molar-refractivity contribution >= 4 is 15.9 Å². The van der Waals surface area contributed by atoms with Gasteiger partial charge in [-0.2, -0.15) is 0 Å². The maximum absolute atomic E-state index is 13.2. The minimum Gasteiger partial charge on any atom is -0.457 e. The van der Waals surface area contributed by atoms with E-state index in [0.29, 0.717) is 18.0 Å². The van der Waals surface area contributed by atoms with E-state index in [4.69, 9.17) is 4.74 Å². The molecule has 2 aromatic rings. The fraction of sp³-hybridized carbons (Fsp3) is 0.143. The largest absolute Gasteiger partial charge is 0.457 e. The predicted octanol–water partition coefficient (Wildman–Crippen LogP) is 4.10. The number of ether oxygens (including phenoxy) is 1. The van der Waals surface area contributed by atoms with E-state index in [0.717, 1.165) is 10.0 Å². The first-order valence-corrected chi connectivity index (χ1v) is 6.35. The molecular formula is C14H13BrFNO. The van der Waals surface area contributed by atoms with E-state index in [1.165, 1.54) is 12.1 Å². The second-order valence-corrected chi connectivity index (χ2v) is 4.76. The van der Waals surface area contributed by atoms with Crippen LogP contribution in [-0.4, -0.2) is 7.05 Å². The average molecular weight is 310 g/mol. The molecule has 0 aromatic heterocycles. The maximum Gasteiger partial charge on any atom is 0.132 e. The lowest BCUT2D eigenvalue weighted by Gasteiger charge is -2.11. The van der Waals surface area contributed by atoms with Crippen molar-refractivity contribution in [2.24, 2.45) is 0 Å². The van der Waals surface area contributed by atoms with Crippen molar-refractivity contribution < 1.29 is 9.13 Å². The number of rotatable bonds is 4. The van der Waals surface area contributed by atoms with Gasteiger partial charge in [0.1, 0.15) is 17.3 Å². The van der Waals surface area contributed by atoms with Gasteiger partial charge in [0.05, 0.1) is 0 Å². The molecule has 0 spiro atoms. The quantitative estimate of drug-likeness (QED) is 0.918. The van der Waals surface area contributed by atoms with E-state index < -0.39 is 0 Å². The van der Waals surface area contributed by atoms with E-state index in [-0.39, 0.29) is 5.82 Å². The van der Waals surface area contributed by atoms with E-state index >= 15 is 0 Å². The van der Waals surface area contributed by atoms with E-state index in [2.05, 4.69) is 21.2 Å². The molecule has 0 unspecified atom stereocenters. The van der Waals surface area contributed by atoms with Gasteiger partial charge in [0.15, 0.2) is 0 Å². The zero-order valence-electron chi connectivity index (χ0n) is 9.91. The molecule has 18 heavy (non-hydrogen) atoms. The molecule has 2 aromatic carbocycles. The number of hydrogen-bond acceptors (Lipinski definition) is 2. The molecular weight excluding hydrogens is 297 g/mol. The second-order valence-electron chi connectivity index (χ2n) is 3.84. The van der Waals surface area contributed by atoms with Crippen LogP contribution < -0.4 is 10.1 Å². The second kappa shape index (κ2) is 5.98. The molecule has 2 nitrogen and oxygen atoms in total. The van der Waals surface area contributed by atoms with Crippen molar-refractivity contribution in [3.8, 4) is 11.5 Å². The van der Waals surface area contributed by atoms with E-state index in [9.17, 15) is 4.39 Å². The van der Waals surface area contributed by atoms with Crippen LogP contribution in [0.3, 0.4) is 0 Å². The van der Waals surface area contributed by atoms with Crippen LogP contribution >= 0.6 is 15.9 Å². The SMILES string of the molecule is CNCc1cc(F)ccc1Oc1cccc(Br)c1.